The Kier molecular flexibility index (Phi) is 3.81. The van der Waals surface area contributed by atoms with Crippen LogP contribution in [0, 0.1) is 18.7 Å². The maximum absolute atomic E-state index is 13.3. The van der Waals surface area contributed by atoms with Crippen LogP contribution in [0.2, 0.25) is 0 Å². The van der Waals surface area contributed by atoms with Crippen molar-refractivity contribution in [2.24, 2.45) is 5.92 Å². The lowest BCUT2D eigenvalue weighted by atomic mass is 9.90. The summed E-state index contributed by atoms with van der Waals surface area (Å²) in [7, 11) is 0. The van der Waals surface area contributed by atoms with Crippen molar-refractivity contribution < 1.29 is 14.0 Å². The third-order valence-corrected chi connectivity index (χ3v) is 3.28. The Hall–Kier alpha value is -1.62. The Bertz CT molecular complexity index is 488. The van der Waals surface area contributed by atoms with Crippen LogP contribution in [0.3, 0.4) is 0 Å². The number of nitrogens with one attached hydrogen (secondary N) is 1. The quantitative estimate of drug-likeness (QED) is 0.821. The summed E-state index contributed by atoms with van der Waals surface area (Å²) in [5, 5.41) is 3.09. The number of pyridine rings is 1. The van der Waals surface area contributed by atoms with E-state index in [1.54, 1.807) is 6.92 Å². The molecule has 0 aromatic carbocycles. The minimum atomic E-state index is -0.492. The average molecular weight is 250 g/mol. The SMILES string of the molecule is Cc1c(F)cncc1C(=O)CC1CNCCC1=O. The average Bonchev–Trinajstić information content (AvgIpc) is 2.35. The summed E-state index contributed by atoms with van der Waals surface area (Å²) in [6.45, 7) is 2.74. The summed E-state index contributed by atoms with van der Waals surface area (Å²) < 4.78 is 13.3. The van der Waals surface area contributed by atoms with Crippen molar-refractivity contribution in [1.82, 2.24) is 10.3 Å². The molecule has 0 aliphatic carbocycles. The Labute approximate surface area is 105 Å². The highest BCUT2D eigenvalue weighted by atomic mass is 19.1. The van der Waals surface area contributed by atoms with Gasteiger partial charge < -0.3 is 5.32 Å². The standard InChI is InChI=1S/C13H15FN2O2/c1-8-10(6-16-7-11(8)14)13(18)4-9-5-15-3-2-12(9)17/h6-7,9,15H,2-5H2,1H3. The van der Waals surface area contributed by atoms with E-state index in [1.165, 1.54) is 6.20 Å². The van der Waals surface area contributed by atoms with Gasteiger partial charge in [0.05, 0.1) is 6.20 Å². The Morgan fingerprint density at radius 1 is 1.56 bits per heavy atom. The van der Waals surface area contributed by atoms with Crippen LogP contribution in [0.1, 0.15) is 28.8 Å². The number of ketones is 2. The maximum atomic E-state index is 13.3. The molecule has 18 heavy (non-hydrogen) atoms. The van der Waals surface area contributed by atoms with Gasteiger partial charge in [0, 0.05) is 43.6 Å². The van der Waals surface area contributed by atoms with Crippen LogP contribution in [0.4, 0.5) is 4.39 Å². The first-order valence-electron chi connectivity index (χ1n) is 5.96. The molecule has 0 bridgehead atoms. The van der Waals surface area contributed by atoms with Crippen molar-refractivity contribution in [1.29, 1.82) is 0 Å². The highest BCUT2D eigenvalue weighted by Crippen LogP contribution is 2.17. The van der Waals surface area contributed by atoms with Gasteiger partial charge >= 0.3 is 0 Å². The fraction of sp³-hybridized carbons (Fsp3) is 0.462. The monoisotopic (exact) mass is 250 g/mol. The first-order valence-corrected chi connectivity index (χ1v) is 5.96. The molecule has 2 heterocycles. The summed E-state index contributed by atoms with van der Waals surface area (Å²) in [4.78, 5) is 27.4. The Morgan fingerprint density at radius 2 is 2.33 bits per heavy atom. The van der Waals surface area contributed by atoms with Crippen molar-refractivity contribution in [3.63, 3.8) is 0 Å². The Balaban J connectivity index is 2.12. The van der Waals surface area contributed by atoms with E-state index >= 15 is 0 Å². The second-order valence-corrected chi connectivity index (χ2v) is 4.54. The molecule has 0 spiro atoms. The van der Waals surface area contributed by atoms with Gasteiger partial charge in [-0.25, -0.2) is 4.39 Å². The molecule has 1 unspecified atom stereocenters. The van der Waals surface area contributed by atoms with Crippen molar-refractivity contribution in [2.75, 3.05) is 13.1 Å². The molecule has 1 aromatic heterocycles. The molecule has 1 atom stereocenters. The molecule has 0 saturated carbocycles. The summed E-state index contributed by atoms with van der Waals surface area (Å²) in [5.41, 5.74) is 0.569. The van der Waals surface area contributed by atoms with Crippen molar-refractivity contribution in [2.45, 2.75) is 19.8 Å². The normalized spacial score (nSPS) is 19.9. The number of carbonyl (C=O) groups is 2. The van der Waals surface area contributed by atoms with Crippen LogP contribution >= 0.6 is 0 Å². The van der Waals surface area contributed by atoms with Crippen molar-refractivity contribution >= 4 is 11.6 Å². The van der Waals surface area contributed by atoms with Crippen LogP contribution in [-0.2, 0) is 4.79 Å². The zero-order valence-electron chi connectivity index (χ0n) is 10.2. The van der Waals surface area contributed by atoms with Gasteiger partial charge in [0.2, 0.25) is 0 Å². The van der Waals surface area contributed by atoms with Gasteiger partial charge in [0.1, 0.15) is 11.6 Å². The number of nitrogens with zero attached hydrogens (tertiary/aromatic N) is 1. The number of hydrogen-bond donors (Lipinski definition) is 1. The van der Waals surface area contributed by atoms with Gasteiger partial charge in [0.25, 0.3) is 0 Å². The lowest BCUT2D eigenvalue weighted by molar-refractivity contribution is -0.123. The molecule has 1 aliphatic heterocycles. The van der Waals surface area contributed by atoms with Crippen LogP contribution < -0.4 is 5.32 Å². The highest BCUT2D eigenvalue weighted by molar-refractivity contribution is 5.99. The van der Waals surface area contributed by atoms with Crippen LogP contribution in [0.25, 0.3) is 0 Å². The number of rotatable bonds is 3. The van der Waals surface area contributed by atoms with E-state index in [0.717, 1.165) is 6.20 Å². The molecule has 2 rings (SSSR count). The predicted octanol–water partition coefficient (Wildman–Crippen LogP) is 1.28. The maximum Gasteiger partial charge on any atom is 0.165 e. The number of piperidine rings is 1. The second-order valence-electron chi connectivity index (χ2n) is 4.54. The summed E-state index contributed by atoms with van der Waals surface area (Å²) in [5.74, 6) is -0.909. The molecule has 1 aromatic rings. The Morgan fingerprint density at radius 3 is 3.06 bits per heavy atom. The van der Waals surface area contributed by atoms with Crippen LogP contribution in [0.5, 0.6) is 0 Å². The summed E-state index contributed by atoms with van der Waals surface area (Å²) in [6.07, 6.45) is 3.02. The van der Waals surface area contributed by atoms with Crippen LogP contribution in [-0.4, -0.2) is 29.6 Å². The molecule has 1 saturated heterocycles. The van der Waals surface area contributed by atoms with E-state index in [0.29, 0.717) is 25.1 Å². The van der Waals surface area contributed by atoms with Gasteiger partial charge in [-0.2, -0.15) is 0 Å². The summed E-state index contributed by atoms with van der Waals surface area (Å²) >= 11 is 0. The first kappa shape index (κ1) is 12.8. The number of aromatic nitrogens is 1. The predicted molar refractivity (Wildman–Crippen MR) is 63.9 cm³/mol. The van der Waals surface area contributed by atoms with Crippen molar-refractivity contribution in [3.05, 3.63) is 29.3 Å². The van der Waals surface area contributed by atoms with E-state index in [2.05, 4.69) is 10.3 Å². The third kappa shape index (κ3) is 2.61. The molecule has 1 fully saturated rings. The second kappa shape index (κ2) is 5.35. The fourth-order valence-corrected chi connectivity index (χ4v) is 2.11. The number of carbonyl (C=O) groups excluding carboxylic acids is 2. The van der Waals surface area contributed by atoms with Gasteiger partial charge in [0.15, 0.2) is 5.78 Å². The largest absolute Gasteiger partial charge is 0.316 e. The molecule has 5 heteroatoms. The van der Waals surface area contributed by atoms with Crippen LogP contribution in [0.15, 0.2) is 12.4 Å². The van der Waals surface area contributed by atoms with E-state index in [-0.39, 0.29) is 29.5 Å². The van der Waals surface area contributed by atoms with E-state index < -0.39 is 5.82 Å². The lowest BCUT2D eigenvalue weighted by Crippen LogP contribution is -2.38. The molecule has 96 valence electrons. The van der Waals surface area contributed by atoms with E-state index in [4.69, 9.17) is 0 Å². The van der Waals surface area contributed by atoms with E-state index in [1.807, 2.05) is 0 Å². The van der Waals surface area contributed by atoms with Gasteiger partial charge in [-0.3, -0.25) is 14.6 Å². The van der Waals surface area contributed by atoms with Gasteiger partial charge in [-0.15, -0.1) is 0 Å². The minimum absolute atomic E-state index is 0.101. The topological polar surface area (TPSA) is 59.1 Å². The molecule has 0 radical (unpaired) electrons. The zero-order chi connectivity index (χ0) is 13.1. The molecular weight excluding hydrogens is 235 g/mol. The molecule has 1 aliphatic rings. The summed E-state index contributed by atoms with van der Waals surface area (Å²) in [6, 6.07) is 0. The number of halogens is 1. The highest BCUT2D eigenvalue weighted by Gasteiger charge is 2.25. The first-order chi connectivity index (χ1) is 8.59. The van der Waals surface area contributed by atoms with Gasteiger partial charge in [-0.1, -0.05) is 0 Å². The number of Topliss-reactive ketones (excluding diaryl/α,β-unsaturated/α-hetero) is 2. The zero-order valence-corrected chi connectivity index (χ0v) is 10.2. The smallest absolute Gasteiger partial charge is 0.165 e. The van der Waals surface area contributed by atoms with Crippen molar-refractivity contribution in [3.8, 4) is 0 Å². The molecule has 4 nitrogen and oxygen atoms in total. The molecule has 0 amide bonds. The fourth-order valence-electron chi connectivity index (χ4n) is 2.11. The lowest BCUT2D eigenvalue weighted by Gasteiger charge is -2.21. The van der Waals surface area contributed by atoms with E-state index in [9.17, 15) is 14.0 Å². The molecule has 1 N–H and O–H groups in total. The third-order valence-electron chi connectivity index (χ3n) is 3.28. The van der Waals surface area contributed by atoms with Gasteiger partial charge in [-0.05, 0) is 12.5 Å². The minimum Gasteiger partial charge on any atom is -0.316 e. The number of hydrogen-bond acceptors (Lipinski definition) is 4. The molecular formula is C13H15FN2O2.